The highest BCUT2D eigenvalue weighted by atomic mass is 79.9. The van der Waals surface area contributed by atoms with Crippen molar-refractivity contribution in [1.29, 1.82) is 0 Å². The van der Waals surface area contributed by atoms with E-state index in [2.05, 4.69) is 46.6 Å². The number of aryl methyl sites for hydroxylation is 1. The van der Waals surface area contributed by atoms with Gasteiger partial charge in [-0.3, -0.25) is 0 Å². The Hall–Kier alpha value is 0.01000. The number of benzene rings is 1. The molecular formula is C11H11BrS2. The van der Waals surface area contributed by atoms with Crippen molar-refractivity contribution in [1.82, 2.24) is 0 Å². The van der Waals surface area contributed by atoms with Gasteiger partial charge in [0.25, 0.3) is 0 Å². The van der Waals surface area contributed by atoms with Crippen molar-refractivity contribution in [2.75, 3.05) is 6.26 Å². The molecule has 0 nitrogen and oxygen atoms in total. The van der Waals surface area contributed by atoms with Gasteiger partial charge in [-0.1, -0.05) is 15.9 Å². The molecule has 1 aromatic carbocycles. The van der Waals surface area contributed by atoms with Crippen LogP contribution in [-0.4, -0.2) is 6.26 Å². The largest absolute Gasteiger partial charge is 0.143 e. The minimum absolute atomic E-state index is 0.946. The molecule has 14 heavy (non-hydrogen) atoms. The van der Waals surface area contributed by atoms with Crippen LogP contribution in [0.2, 0.25) is 0 Å². The lowest BCUT2D eigenvalue weighted by molar-refractivity contribution is 1.25. The highest BCUT2D eigenvalue weighted by molar-refractivity contribution is 9.08. The number of thiophene rings is 1. The first-order valence-electron chi connectivity index (χ1n) is 4.37. The standard InChI is InChI=1S/C11H11BrS2/c1-7-5-8-3-4-14-11(8)9(6-12)10(7)13-2/h3-5H,6H2,1-2H3. The lowest BCUT2D eigenvalue weighted by atomic mass is 10.1. The SMILES string of the molecule is CSc1c(C)cc2ccsc2c1CBr. The molecule has 0 amide bonds. The topological polar surface area (TPSA) is 0 Å². The van der Waals surface area contributed by atoms with Crippen LogP contribution in [0.5, 0.6) is 0 Å². The fraction of sp³-hybridized carbons (Fsp3) is 0.273. The van der Waals surface area contributed by atoms with Crippen molar-refractivity contribution in [3.8, 4) is 0 Å². The first-order chi connectivity index (χ1) is 6.77. The second kappa shape index (κ2) is 4.25. The average molecular weight is 287 g/mol. The van der Waals surface area contributed by atoms with Gasteiger partial charge in [0, 0.05) is 14.9 Å². The van der Waals surface area contributed by atoms with Crippen LogP contribution in [0.15, 0.2) is 22.4 Å². The molecule has 0 aliphatic carbocycles. The van der Waals surface area contributed by atoms with Crippen LogP contribution in [0.1, 0.15) is 11.1 Å². The van der Waals surface area contributed by atoms with Gasteiger partial charge in [-0.2, -0.15) is 0 Å². The summed E-state index contributed by atoms with van der Waals surface area (Å²) in [5.74, 6) is 0. The van der Waals surface area contributed by atoms with Gasteiger partial charge in [-0.15, -0.1) is 23.1 Å². The van der Waals surface area contributed by atoms with Crippen LogP contribution in [0.4, 0.5) is 0 Å². The second-order valence-electron chi connectivity index (χ2n) is 3.18. The summed E-state index contributed by atoms with van der Waals surface area (Å²) in [5.41, 5.74) is 2.83. The quantitative estimate of drug-likeness (QED) is 0.563. The maximum atomic E-state index is 3.58. The number of hydrogen-bond donors (Lipinski definition) is 0. The van der Waals surface area contributed by atoms with Gasteiger partial charge in [-0.05, 0) is 47.2 Å². The van der Waals surface area contributed by atoms with Crippen LogP contribution in [0, 0.1) is 6.92 Å². The Bertz CT molecular complexity index is 460. The first kappa shape index (κ1) is 10.5. The third-order valence-corrected chi connectivity index (χ3v) is 4.84. The molecule has 0 N–H and O–H groups in total. The highest BCUT2D eigenvalue weighted by Crippen LogP contribution is 2.35. The molecule has 3 heteroatoms. The second-order valence-corrected chi connectivity index (χ2v) is 5.47. The van der Waals surface area contributed by atoms with E-state index in [-0.39, 0.29) is 0 Å². The zero-order valence-corrected chi connectivity index (χ0v) is 11.4. The Kier molecular flexibility index (Phi) is 3.20. The van der Waals surface area contributed by atoms with Crippen LogP contribution in [0.25, 0.3) is 10.1 Å². The predicted molar refractivity (Wildman–Crippen MR) is 71.0 cm³/mol. The minimum atomic E-state index is 0.946. The van der Waals surface area contributed by atoms with Gasteiger partial charge < -0.3 is 0 Å². The van der Waals surface area contributed by atoms with E-state index < -0.39 is 0 Å². The third kappa shape index (κ3) is 1.62. The first-order valence-corrected chi connectivity index (χ1v) is 7.60. The lowest BCUT2D eigenvalue weighted by Crippen LogP contribution is -1.87. The fourth-order valence-electron chi connectivity index (χ4n) is 1.72. The van der Waals surface area contributed by atoms with Gasteiger partial charge in [0.2, 0.25) is 0 Å². The molecule has 0 atom stereocenters. The van der Waals surface area contributed by atoms with Crippen LogP contribution in [0.3, 0.4) is 0 Å². The molecule has 0 radical (unpaired) electrons. The lowest BCUT2D eigenvalue weighted by Gasteiger charge is -2.09. The van der Waals surface area contributed by atoms with E-state index in [1.807, 2.05) is 23.1 Å². The summed E-state index contributed by atoms with van der Waals surface area (Å²) in [6, 6.07) is 4.48. The van der Waals surface area contributed by atoms with Gasteiger partial charge in [0.05, 0.1) is 0 Å². The molecule has 0 saturated heterocycles. The van der Waals surface area contributed by atoms with Gasteiger partial charge in [0.15, 0.2) is 0 Å². The molecule has 0 aliphatic heterocycles. The van der Waals surface area contributed by atoms with E-state index in [4.69, 9.17) is 0 Å². The number of halogens is 1. The fourth-order valence-corrected chi connectivity index (χ4v) is 4.45. The number of alkyl halides is 1. The van der Waals surface area contributed by atoms with E-state index in [9.17, 15) is 0 Å². The van der Waals surface area contributed by atoms with E-state index in [0.717, 1.165) is 5.33 Å². The van der Waals surface area contributed by atoms with Crippen molar-refractivity contribution >= 4 is 49.1 Å². The van der Waals surface area contributed by atoms with E-state index in [0.29, 0.717) is 0 Å². The summed E-state index contributed by atoms with van der Waals surface area (Å²) in [6.45, 7) is 2.19. The molecule has 0 bridgehead atoms. The zero-order valence-electron chi connectivity index (χ0n) is 8.13. The molecule has 0 fully saturated rings. The summed E-state index contributed by atoms with van der Waals surface area (Å²) in [7, 11) is 0. The molecule has 0 spiro atoms. The number of fused-ring (bicyclic) bond motifs is 1. The van der Waals surface area contributed by atoms with Crippen LogP contribution >= 0.6 is 39.0 Å². The van der Waals surface area contributed by atoms with Crippen molar-refractivity contribution < 1.29 is 0 Å². The third-order valence-electron chi connectivity index (χ3n) is 2.31. The summed E-state index contributed by atoms with van der Waals surface area (Å²) < 4.78 is 1.43. The Balaban J connectivity index is 2.82. The molecule has 1 aromatic heterocycles. The Morgan fingerprint density at radius 1 is 1.50 bits per heavy atom. The number of rotatable bonds is 2. The van der Waals surface area contributed by atoms with Gasteiger partial charge in [0.1, 0.15) is 0 Å². The Morgan fingerprint density at radius 3 is 2.93 bits per heavy atom. The smallest absolute Gasteiger partial charge is 0.0394 e. The van der Waals surface area contributed by atoms with E-state index in [1.54, 1.807) is 0 Å². The summed E-state index contributed by atoms with van der Waals surface area (Å²) in [4.78, 5) is 1.43. The van der Waals surface area contributed by atoms with Crippen molar-refractivity contribution in [2.45, 2.75) is 17.1 Å². The van der Waals surface area contributed by atoms with Gasteiger partial charge in [-0.25, -0.2) is 0 Å². The molecule has 0 unspecified atom stereocenters. The Labute approximate surface area is 101 Å². The summed E-state index contributed by atoms with van der Waals surface area (Å²) >= 11 is 7.26. The van der Waals surface area contributed by atoms with Crippen molar-refractivity contribution in [3.05, 3.63) is 28.6 Å². The normalized spacial score (nSPS) is 11.1. The molecule has 2 aromatic rings. The summed E-state index contributed by atoms with van der Waals surface area (Å²) in [6.07, 6.45) is 2.15. The van der Waals surface area contributed by atoms with E-state index in [1.165, 1.54) is 26.1 Å². The molecule has 0 aliphatic rings. The zero-order chi connectivity index (χ0) is 10.1. The van der Waals surface area contributed by atoms with Crippen molar-refractivity contribution in [3.63, 3.8) is 0 Å². The number of hydrogen-bond acceptors (Lipinski definition) is 2. The van der Waals surface area contributed by atoms with Crippen LogP contribution < -0.4 is 0 Å². The molecule has 1 heterocycles. The van der Waals surface area contributed by atoms with Crippen LogP contribution in [-0.2, 0) is 5.33 Å². The summed E-state index contributed by atoms with van der Waals surface area (Å²) in [5, 5.41) is 4.49. The van der Waals surface area contributed by atoms with Gasteiger partial charge >= 0.3 is 0 Å². The average Bonchev–Trinajstić information content (AvgIpc) is 2.62. The molecular weight excluding hydrogens is 276 g/mol. The Morgan fingerprint density at radius 2 is 2.29 bits per heavy atom. The molecule has 0 saturated carbocycles. The maximum Gasteiger partial charge on any atom is 0.0394 e. The maximum absolute atomic E-state index is 3.58. The number of thioether (sulfide) groups is 1. The van der Waals surface area contributed by atoms with E-state index >= 15 is 0 Å². The highest BCUT2D eigenvalue weighted by Gasteiger charge is 2.10. The minimum Gasteiger partial charge on any atom is -0.143 e. The van der Waals surface area contributed by atoms with Crippen molar-refractivity contribution in [2.24, 2.45) is 0 Å². The molecule has 2 rings (SSSR count). The molecule has 74 valence electrons. The predicted octanol–water partition coefficient (Wildman–Crippen LogP) is 4.83. The monoisotopic (exact) mass is 286 g/mol.